The third-order valence-corrected chi connectivity index (χ3v) is 5.30. The van der Waals surface area contributed by atoms with Gasteiger partial charge in [0.1, 0.15) is 5.76 Å². The number of hydrogen-bond acceptors (Lipinski definition) is 4. The van der Waals surface area contributed by atoms with Gasteiger partial charge >= 0.3 is 6.16 Å². The number of rotatable bonds is 4. The number of nitrogens with zero attached hydrogens (tertiary/aromatic N) is 1. The Kier molecular flexibility index (Phi) is 5.18. The normalized spacial score (nSPS) is 19.4. The van der Waals surface area contributed by atoms with E-state index in [-0.39, 0.29) is 18.6 Å². The van der Waals surface area contributed by atoms with Gasteiger partial charge in [0, 0.05) is 16.6 Å². The van der Waals surface area contributed by atoms with E-state index in [9.17, 15) is 9.59 Å². The summed E-state index contributed by atoms with van der Waals surface area (Å²) in [6.07, 6.45) is 1.74. The molecule has 1 fully saturated rings. The van der Waals surface area contributed by atoms with Crippen molar-refractivity contribution in [2.45, 2.75) is 46.1 Å². The van der Waals surface area contributed by atoms with Gasteiger partial charge in [0.2, 0.25) is 0 Å². The second-order valence-corrected chi connectivity index (χ2v) is 7.17. The van der Waals surface area contributed by atoms with Crippen LogP contribution in [0.1, 0.15) is 43.4 Å². The molecule has 1 saturated heterocycles. The molecule has 1 aromatic rings. The highest BCUT2D eigenvalue weighted by Gasteiger charge is 2.45. The zero-order valence-electron chi connectivity index (χ0n) is 14.7. The van der Waals surface area contributed by atoms with Crippen LogP contribution in [-0.2, 0) is 20.7 Å². The summed E-state index contributed by atoms with van der Waals surface area (Å²) >= 11 is 3.60. The first-order chi connectivity index (χ1) is 12.0. The fraction of sp³-hybridized carbons (Fsp3) is 0.474. The molecule has 0 spiro atoms. The molecule has 0 aliphatic carbocycles. The number of carbonyl (C=O) groups is 2. The zero-order chi connectivity index (χ0) is 18.1. The summed E-state index contributed by atoms with van der Waals surface area (Å²) in [5.41, 5.74) is 3.49. The van der Waals surface area contributed by atoms with E-state index in [1.54, 1.807) is 11.8 Å². The Morgan fingerprint density at radius 3 is 2.80 bits per heavy atom. The van der Waals surface area contributed by atoms with Crippen LogP contribution < -0.4 is 0 Å². The Balaban J connectivity index is 2.15. The summed E-state index contributed by atoms with van der Waals surface area (Å²) in [7, 11) is 0. The maximum Gasteiger partial charge on any atom is 0.513 e. The van der Waals surface area contributed by atoms with Gasteiger partial charge in [0.25, 0.3) is 5.91 Å². The average molecular weight is 408 g/mol. The van der Waals surface area contributed by atoms with Crippen molar-refractivity contribution < 1.29 is 19.1 Å². The van der Waals surface area contributed by atoms with E-state index < -0.39 is 6.16 Å². The van der Waals surface area contributed by atoms with Gasteiger partial charge in [0.05, 0.1) is 18.2 Å². The van der Waals surface area contributed by atoms with Crippen LogP contribution in [0.2, 0.25) is 0 Å². The Morgan fingerprint density at radius 2 is 2.12 bits per heavy atom. The minimum absolute atomic E-state index is 0.0685. The molecule has 3 rings (SSSR count). The molecule has 5 nitrogen and oxygen atoms in total. The minimum Gasteiger partial charge on any atom is -0.434 e. The van der Waals surface area contributed by atoms with E-state index in [0.717, 1.165) is 40.4 Å². The van der Waals surface area contributed by atoms with Crippen molar-refractivity contribution in [2.24, 2.45) is 0 Å². The van der Waals surface area contributed by atoms with E-state index in [1.165, 1.54) is 0 Å². The molecule has 2 aliphatic rings. The van der Waals surface area contributed by atoms with Crippen LogP contribution in [-0.4, -0.2) is 36.2 Å². The van der Waals surface area contributed by atoms with E-state index >= 15 is 0 Å². The van der Waals surface area contributed by atoms with Crippen LogP contribution in [0.4, 0.5) is 4.79 Å². The lowest BCUT2D eigenvalue weighted by Crippen LogP contribution is -2.30. The highest BCUT2D eigenvalue weighted by atomic mass is 79.9. The summed E-state index contributed by atoms with van der Waals surface area (Å²) < 4.78 is 11.3. The van der Waals surface area contributed by atoms with Crippen molar-refractivity contribution in [3.05, 3.63) is 39.1 Å². The van der Waals surface area contributed by atoms with Gasteiger partial charge in [-0.25, -0.2) is 4.79 Å². The number of halogens is 1. The molecule has 2 aliphatic heterocycles. The SMILES string of the molecule is CCOC(=O)OC1=C(c2c(Br)cc(C)cc2CC)C(=O)N2CCCC12. The summed E-state index contributed by atoms with van der Waals surface area (Å²) in [6.45, 7) is 6.72. The lowest BCUT2D eigenvalue weighted by Gasteiger charge is -2.17. The molecule has 1 atom stereocenters. The average Bonchev–Trinajstić information content (AvgIpc) is 3.12. The van der Waals surface area contributed by atoms with Crippen LogP contribution in [0.25, 0.3) is 5.57 Å². The van der Waals surface area contributed by atoms with Gasteiger partial charge in [-0.2, -0.15) is 0 Å². The number of benzene rings is 1. The highest BCUT2D eigenvalue weighted by Crippen LogP contribution is 2.42. The first-order valence-electron chi connectivity index (χ1n) is 8.67. The monoisotopic (exact) mass is 407 g/mol. The summed E-state index contributed by atoms with van der Waals surface area (Å²) in [5.74, 6) is 0.362. The minimum atomic E-state index is -0.752. The van der Waals surface area contributed by atoms with Crippen LogP contribution in [0.15, 0.2) is 22.4 Å². The van der Waals surface area contributed by atoms with Gasteiger partial charge in [-0.15, -0.1) is 0 Å². The lowest BCUT2D eigenvalue weighted by atomic mass is 9.94. The van der Waals surface area contributed by atoms with Crippen molar-refractivity contribution in [2.75, 3.05) is 13.2 Å². The second-order valence-electron chi connectivity index (χ2n) is 6.32. The van der Waals surface area contributed by atoms with Crippen LogP contribution in [0.5, 0.6) is 0 Å². The molecule has 0 N–H and O–H groups in total. The molecule has 0 aromatic heterocycles. The van der Waals surface area contributed by atoms with E-state index in [2.05, 4.69) is 28.9 Å². The van der Waals surface area contributed by atoms with Crippen molar-refractivity contribution >= 4 is 33.6 Å². The van der Waals surface area contributed by atoms with Gasteiger partial charge in [-0.3, -0.25) is 4.79 Å². The third-order valence-electron chi connectivity index (χ3n) is 4.68. The van der Waals surface area contributed by atoms with Crippen molar-refractivity contribution in [1.82, 2.24) is 4.90 Å². The molecular weight excluding hydrogens is 386 g/mol. The standard InChI is InChI=1S/C19H22BrNO4/c1-4-12-9-11(3)10-13(20)15(12)16-17(25-19(23)24-5-2)14-7-6-8-21(14)18(16)22/h9-10,14H,4-8H2,1-3H3. The molecule has 0 saturated carbocycles. The number of amides is 1. The number of ether oxygens (including phenoxy) is 2. The predicted molar refractivity (Wildman–Crippen MR) is 98.0 cm³/mol. The van der Waals surface area contributed by atoms with E-state index in [0.29, 0.717) is 17.9 Å². The topological polar surface area (TPSA) is 55.8 Å². The molecule has 1 unspecified atom stereocenters. The van der Waals surface area contributed by atoms with E-state index in [1.807, 2.05) is 13.0 Å². The predicted octanol–water partition coefficient (Wildman–Crippen LogP) is 4.21. The molecule has 25 heavy (non-hydrogen) atoms. The van der Waals surface area contributed by atoms with E-state index in [4.69, 9.17) is 9.47 Å². The van der Waals surface area contributed by atoms with Crippen molar-refractivity contribution in [3.8, 4) is 0 Å². The van der Waals surface area contributed by atoms with Crippen LogP contribution >= 0.6 is 15.9 Å². The quantitative estimate of drug-likeness (QED) is 0.701. The first-order valence-corrected chi connectivity index (χ1v) is 9.46. The first kappa shape index (κ1) is 18.0. The Bertz CT molecular complexity index is 756. The van der Waals surface area contributed by atoms with Gasteiger partial charge in [-0.05, 0) is 50.3 Å². The number of carbonyl (C=O) groups excluding carboxylic acids is 2. The van der Waals surface area contributed by atoms with Crippen LogP contribution in [0, 0.1) is 6.92 Å². The highest BCUT2D eigenvalue weighted by molar-refractivity contribution is 9.10. The van der Waals surface area contributed by atoms with Gasteiger partial charge in [-0.1, -0.05) is 28.9 Å². The second kappa shape index (κ2) is 7.20. The fourth-order valence-electron chi connectivity index (χ4n) is 3.66. The van der Waals surface area contributed by atoms with Crippen molar-refractivity contribution in [3.63, 3.8) is 0 Å². The summed E-state index contributed by atoms with van der Waals surface area (Å²) in [4.78, 5) is 26.8. The molecular formula is C19H22BrNO4. The number of fused-ring (bicyclic) bond motifs is 1. The molecule has 0 bridgehead atoms. The third kappa shape index (κ3) is 3.19. The molecule has 134 valence electrons. The van der Waals surface area contributed by atoms with Gasteiger partial charge in [0.15, 0.2) is 0 Å². The smallest absolute Gasteiger partial charge is 0.434 e. The molecule has 6 heteroatoms. The lowest BCUT2D eigenvalue weighted by molar-refractivity contribution is -0.124. The number of aryl methyl sites for hydroxylation is 2. The zero-order valence-corrected chi connectivity index (χ0v) is 16.3. The Hall–Kier alpha value is -1.82. The largest absolute Gasteiger partial charge is 0.513 e. The molecule has 2 heterocycles. The molecule has 1 aromatic carbocycles. The maximum absolute atomic E-state index is 13.1. The van der Waals surface area contributed by atoms with Crippen LogP contribution in [0.3, 0.4) is 0 Å². The fourth-order valence-corrected chi connectivity index (χ4v) is 4.47. The summed E-state index contributed by atoms with van der Waals surface area (Å²) in [6, 6.07) is 3.89. The maximum atomic E-state index is 13.1. The Labute approximate surface area is 156 Å². The van der Waals surface area contributed by atoms with Gasteiger partial charge < -0.3 is 14.4 Å². The number of hydrogen-bond donors (Lipinski definition) is 0. The molecule has 0 radical (unpaired) electrons. The molecule has 1 amide bonds. The Morgan fingerprint density at radius 1 is 1.36 bits per heavy atom. The van der Waals surface area contributed by atoms with Crippen molar-refractivity contribution in [1.29, 1.82) is 0 Å². The summed E-state index contributed by atoms with van der Waals surface area (Å²) in [5, 5.41) is 0.